The van der Waals surface area contributed by atoms with E-state index in [1.165, 1.54) is 31.3 Å². The van der Waals surface area contributed by atoms with Crippen molar-refractivity contribution in [2.45, 2.75) is 112 Å². The Bertz CT molecular complexity index is 1630. The second-order valence-corrected chi connectivity index (χ2v) is 19.3. The molecular weight excluding hydrogens is 636 g/mol. The average molecular weight is 699 g/mol. The van der Waals surface area contributed by atoms with E-state index in [-0.39, 0.29) is 45.9 Å². The van der Waals surface area contributed by atoms with Gasteiger partial charge in [0, 0.05) is 32.3 Å². The normalized spacial score (nSPS) is 42.5. The molecule has 1 N–H and O–H groups in total. The molecule has 0 radical (unpaired) electrons. The van der Waals surface area contributed by atoms with Crippen LogP contribution in [0.2, 0.25) is 0 Å². The Morgan fingerprint density at radius 3 is 2.29 bits per heavy atom. The maximum absolute atomic E-state index is 15.0. The Morgan fingerprint density at radius 1 is 0.824 bits per heavy atom. The fourth-order valence-corrected chi connectivity index (χ4v) is 14.2. The van der Waals surface area contributed by atoms with E-state index in [9.17, 15) is 9.90 Å². The topological polar surface area (TPSA) is 79.3 Å². The number of amides is 2. The van der Waals surface area contributed by atoms with Gasteiger partial charge in [0.25, 0.3) is 0 Å². The summed E-state index contributed by atoms with van der Waals surface area (Å²) in [7, 11) is 0. The van der Waals surface area contributed by atoms with Crippen LogP contribution in [0.1, 0.15) is 111 Å². The molecule has 7 aliphatic rings. The maximum atomic E-state index is 15.0. The number of nitrogens with zero attached hydrogens (tertiary/aromatic N) is 2. The molecule has 8 rings (SSSR count). The summed E-state index contributed by atoms with van der Waals surface area (Å²) in [6.07, 6.45) is 14.3. The zero-order valence-corrected chi connectivity index (χ0v) is 32.1. The molecule has 1 saturated heterocycles. The molecule has 7 nitrogen and oxygen atoms in total. The number of carbonyl (C=O) groups is 2. The van der Waals surface area contributed by atoms with Gasteiger partial charge < -0.3 is 24.4 Å². The second-order valence-electron chi connectivity index (χ2n) is 19.3. The first-order valence-electron chi connectivity index (χ1n) is 20.2. The summed E-state index contributed by atoms with van der Waals surface area (Å²) in [6, 6.07) is 5.70. The van der Waals surface area contributed by atoms with Gasteiger partial charge in [-0.1, -0.05) is 52.8 Å². The van der Waals surface area contributed by atoms with Gasteiger partial charge in [0.2, 0.25) is 18.6 Å². The largest absolute Gasteiger partial charge is 0.454 e. The highest BCUT2D eigenvalue weighted by Crippen LogP contribution is 2.77. The van der Waals surface area contributed by atoms with Crippen molar-refractivity contribution < 1.29 is 24.2 Å². The van der Waals surface area contributed by atoms with E-state index in [0.717, 1.165) is 49.8 Å². The van der Waals surface area contributed by atoms with Crippen molar-refractivity contribution in [1.29, 1.82) is 0 Å². The van der Waals surface area contributed by atoms with Gasteiger partial charge in [-0.15, -0.1) is 0 Å². The van der Waals surface area contributed by atoms with E-state index >= 15 is 4.79 Å². The van der Waals surface area contributed by atoms with Gasteiger partial charge in [0.15, 0.2) is 11.5 Å². The smallest absolute Gasteiger partial charge is 0.246 e. The summed E-state index contributed by atoms with van der Waals surface area (Å²) in [4.78, 5) is 32.3. The number of allylic oxidation sites excluding steroid dienone is 1. The first kappa shape index (κ1) is 35.2. The molecule has 51 heavy (non-hydrogen) atoms. The summed E-state index contributed by atoms with van der Waals surface area (Å²) in [5, 5.41) is 11.1. The second kappa shape index (κ2) is 12.1. The molecule has 10 atom stereocenters. The van der Waals surface area contributed by atoms with Crippen LogP contribution in [0.15, 0.2) is 36.4 Å². The van der Waals surface area contributed by atoms with Crippen molar-refractivity contribution >= 4 is 17.9 Å². The fraction of sp³-hybridized carbons (Fsp3) is 0.727. The number of ether oxygens (including phenoxy) is 2. The van der Waals surface area contributed by atoms with Crippen LogP contribution in [-0.4, -0.2) is 65.8 Å². The van der Waals surface area contributed by atoms with Gasteiger partial charge in [0.1, 0.15) is 0 Å². The third kappa shape index (κ3) is 5.05. The number of carbonyl (C=O) groups excluding carboxylic acids is 2. The molecule has 5 aliphatic carbocycles. The van der Waals surface area contributed by atoms with Crippen LogP contribution < -0.4 is 9.47 Å². The lowest BCUT2D eigenvalue weighted by atomic mass is 9.32. The highest BCUT2D eigenvalue weighted by atomic mass is 16.7. The van der Waals surface area contributed by atoms with Crippen molar-refractivity contribution in [2.75, 3.05) is 33.0 Å². The van der Waals surface area contributed by atoms with Crippen molar-refractivity contribution in [2.24, 2.45) is 56.7 Å². The Morgan fingerprint density at radius 2 is 1.55 bits per heavy atom. The molecule has 0 unspecified atom stereocenters. The van der Waals surface area contributed by atoms with E-state index in [1.54, 1.807) is 6.08 Å². The number of aliphatic hydroxyl groups is 1. The molecule has 5 saturated carbocycles. The number of aliphatic hydroxyl groups excluding tert-OH is 1. The van der Waals surface area contributed by atoms with Crippen LogP contribution in [-0.2, 0) is 9.59 Å². The standard InChI is InChI=1S/C44H62N2O5/c1-28(2)30-14-19-44(39(49)46-24-22-45(23-25-46)37(48)13-9-29-8-11-32-33(26-29)51-27-50-32)21-20-42(6)31(38(30)44)10-12-35-41(5)17-16-36(47)40(3,4)34(41)15-18-43(35,42)7/h8-9,11,13,26,30-31,34-36,38,47H,1,10,12,14-25,27H2,2-7H3/b13-9+/t30-,31+,34-,35+,36-,38+,41-,42+,43+,44-/m0/s1. The van der Waals surface area contributed by atoms with E-state index < -0.39 is 0 Å². The molecule has 0 aromatic heterocycles. The SMILES string of the molecule is C=C(C)[C@@H]1CC[C@]2(C(=O)N3CCN(C(=O)/C=C/c4ccc5c(c4)OCO5)CC3)CC[C@]3(C)[C@H](CC[C@@H]4[C@@]5(C)CC[C@H](O)C(C)(C)[C@@H]5CC[C@]43C)[C@@H]12. The van der Waals surface area contributed by atoms with Crippen LogP contribution >= 0.6 is 0 Å². The van der Waals surface area contributed by atoms with Crippen molar-refractivity contribution in [3.8, 4) is 11.5 Å². The van der Waals surface area contributed by atoms with Crippen LogP contribution in [0.3, 0.4) is 0 Å². The molecular formula is C44H62N2O5. The van der Waals surface area contributed by atoms with Gasteiger partial charge in [0.05, 0.1) is 11.5 Å². The first-order valence-corrected chi connectivity index (χ1v) is 20.2. The van der Waals surface area contributed by atoms with E-state index in [2.05, 4.69) is 53.0 Å². The average Bonchev–Trinajstić information content (AvgIpc) is 3.75. The number of fused-ring (bicyclic) bond motifs is 8. The van der Waals surface area contributed by atoms with Gasteiger partial charge in [-0.3, -0.25) is 9.59 Å². The van der Waals surface area contributed by atoms with Crippen LogP contribution in [0.25, 0.3) is 6.08 Å². The maximum Gasteiger partial charge on any atom is 0.246 e. The van der Waals surface area contributed by atoms with Crippen LogP contribution in [0.5, 0.6) is 11.5 Å². The van der Waals surface area contributed by atoms with Gasteiger partial charge in [-0.2, -0.15) is 0 Å². The number of rotatable bonds is 4. The summed E-state index contributed by atoms with van der Waals surface area (Å²) in [5.41, 5.74) is 2.41. The minimum absolute atomic E-state index is 0.0169. The van der Waals surface area contributed by atoms with E-state index in [0.29, 0.717) is 67.4 Å². The molecule has 2 heterocycles. The minimum atomic E-state index is -0.333. The van der Waals surface area contributed by atoms with Crippen LogP contribution in [0, 0.1) is 56.7 Å². The fourth-order valence-electron chi connectivity index (χ4n) is 14.2. The molecule has 6 fully saturated rings. The molecule has 1 aromatic rings. The predicted molar refractivity (Wildman–Crippen MR) is 200 cm³/mol. The predicted octanol–water partition coefficient (Wildman–Crippen LogP) is 8.12. The summed E-state index contributed by atoms with van der Waals surface area (Å²) >= 11 is 0. The Hall–Kier alpha value is -2.80. The van der Waals surface area contributed by atoms with Gasteiger partial charge >= 0.3 is 0 Å². The number of hydrogen-bond donors (Lipinski definition) is 1. The third-order valence-corrected chi connectivity index (χ3v) is 17.2. The summed E-state index contributed by atoms with van der Waals surface area (Å²) in [5.74, 6) is 4.20. The van der Waals surface area contributed by atoms with E-state index in [1.807, 2.05) is 29.2 Å². The minimum Gasteiger partial charge on any atom is -0.454 e. The molecule has 2 amide bonds. The molecule has 7 heteroatoms. The number of benzene rings is 1. The van der Waals surface area contributed by atoms with Crippen molar-refractivity contribution in [1.82, 2.24) is 9.80 Å². The Balaban J connectivity index is 1.00. The number of piperazine rings is 1. The summed E-state index contributed by atoms with van der Waals surface area (Å²) in [6.45, 7) is 21.9. The van der Waals surface area contributed by atoms with Crippen LogP contribution in [0.4, 0.5) is 0 Å². The highest BCUT2D eigenvalue weighted by Gasteiger charge is 2.72. The third-order valence-electron chi connectivity index (χ3n) is 17.2. The summed E-state index contributed by atoms with van der Waals surface area (Å²) < 4.78 is 10.9. The molecule has 0 bridgehead atoms. The molecule has 278 valence electrons. The Labute approximate surface area is 306 Å². The van der Waals surface area contributed by atoms with Crippen molar-refractivity contribution in [3.63, 3.8) is 0 Å². The lowest BCUT2D eigenvalue weighted by Gasteiger charge is -2.73. The molecule has 0 spiro atoms. The highest BCUT2D eigenvalue weighted by molar-refractivity contribution is 5.92. The zero-order valence-electron chi connectivity index (χ0n) is 32.1. The first-order chi connectivity index (χ1) is 24.2. The molecule has 2 aliphatic heterocycles. The molecule has 1 aromatic carbocycles. The lowest BCUT2D eigenvalue weighted by Crippen LogP contribution is -2.67. The van der Waals surface area contributed by atoms with Gasteiger partial charge in [-0.05, 0) is 146 Å². The lowest BCUT2D eigenvalue weighted by molar-refractivity contribution is -0.247. The Kier molecular flexibility index (Phi) is 8.37. The monoisotopic (exact) mass is 698 g/mol. The van der Waals surface area contributed by atoms with Crippen molar-refractivity contribution in [3.05, 3.63) is 42.0 Å². The van der Waals surface area contributed by atoms with E-state index in [4.69, 9.17) is 9.47 Å². The van der Waals surface area contributed by atoms with Gasteiger partial charge in [-0.25, -0.2) is 0 Å². The quantitative estimate of drug-likeness (QED) is 0.254. The number of hydrogen-bond acceptors (Lipinski definition) is 5. The zero-order chi connectivity index (χ0) is 36.1.